The molecule has 0 saturated carbocycles. The van der Waals surface area contributed by atoms with Gasteiger partial charge in [-0.25, -0.2) is 9.97 Å². The molecule has 1 aliphatic carbocycles. The van der Waals surface area contributed by atoms with Crippen LogP contribution >= 0.6 is 0 Å². The van der Waals surface area contributed by atoms with E-state index in [0.717, 1.165) is 33.5 Å². The quantitative estimate of drug-likeness (QED) is 0.183. The topological polar surface area (TPSA) is 25.8 Å². The summed E-state index contributed by atoms with van der Waals surface area (Å²) in [7, 11) is 0. The zero-order valence-electron chi connectivity index (χ0n) is 27.4. The molecule has 0 amide bonds. The van der Waals surface area contributed by atoms with Crippen molar-refractivity contribution in [2.75, 3.05) is 0 Å². The monoisotopic (exact) mass is 624 g/mol. The molecule has 0 bridgehead atoms. The Labute approximate surface area is 285 Å². The second-order valence-corrected chi connectivity index (χ2v) is 13.7. The van der Waals surface area contributed by atoms with Crippen LogP contribution in [0.15, 0.2) is 158 Å². The lowest BCUT2D eigenvalue weighted by Crippen LogP contribution is -2.16. The number of nitrogens with zero attached hydrogens (tertiary/aromatic N) is 2. The molecule has 0 aliphatic heterocycles. The Morgan fingerprint density at radius 2 is 1.00 bits per heavy atom. The number of rotatable bonds is 3. The van der Waals surface area contributed by atoms with E-state index in [-0.39, 0.29) is 5.41 Å². The fourth-order valence-electron chi connectivity index (χ4n) is 8.42. The van der Waals surface area contributed by atoms with E-state index in [1.165, 1.54) is 65.7 Å². The van der Waals surface area contributed by atoms with Crippen LogP contribution in [0.1, 0.15) is 25.0 Å². The SMILES string of the molecule is CC1(C)c2c(ccc3cc(-c4nc(-c5ccc(-c6ccccc6)cc5)c5ccccc5n4)ccc23)-c2c1c1ccccc1c1ccccc21. The van der Waals surface area contributed by atoms with Gasteiger partial charge in [-0.05, 0) is 77.8 Å². The summed E-state index contributed by atoms with van der Waals surface area (Å²) in [6, 6.07) is 56.8. The number of hydrogen-bond acceptors (Lipinski definition) is 2. The van der Waals surface area contributed by atoms with Crippen molar-refractivity contribution < 1.29 is 0 Å². The summed E-state index contributed by atoms with van der Waals surface area (Å²) in [5.41, 5.74) is 11.7. The van der Waals surface area contributed by atoms with E-state index >= 15 is 0 Å². The van der Waals surface area contributed by atoms with Gasteiger partial charge in [0.05, 0.1) is 11.2 Å². The van der Waals surface area contributed by atoms with Gasteiger partial charge in [0.25, 0.3) is 0 Å². The standard InChI is InChI=1S/C47H32N2/c1-47(2)43-34-26-25-33(28-32(34)24-27-40(43)42-37-16-8-6-14-35(37)36-15-7-9-17-38(36)44(42)47)46-48-41-19-11-10-18-39(41)45(49-46)31-22-20-30(21-23-31)29-12-4-3-5-13-29/h3-28H,1-2H3. The van der Waals surface area contributed by atoms with Crippen LogP contribution in [0.4, 0.5) is 0 Å². The summed E-state index contributed by atoms with van der Waals surface area (Å²) in [6.45, 7) is 4.79. The van der Waals surface area contributed by atoms with Crippen LogP contribution in [0.3, 0.4) is 0 Å². The molecular formula is C47H32N2. The minimum Gasteiger partial charge on any atom is -0.228 e. The lowest BCUT2D eigenvalue weighted by Gasteiger charge is -2.25. The van der Waals surface area contributed by atoms with Crippen molar-refractivity contribution in [1.82, 2.24) is 9.97 Å². The highest BCUT2D eigenvalue weighted by atomic mass is 14.9. The van der Waals surface area contributed by atoms with Gasteiger partial charge < -0.3 is 0 Å². The molecule has 230 valence electrons. The smallest absolute Gasteiger partial charge is 0.160 e. The molecule has 2 heteroatoms. The van der Waals surface area contributed by atoms with E-state index in [9.17, 15) is 0 Å². The van der Waals surface area contributed by atoms with Crippen LogP contribution in [0.2, 0.25) is 0 Å². The average molecular weight is 625 g/mol. The fraction of sp³-hybridized carbons (Fsp3) is 0.0638. The van der Waals surface area contributed by atoms with Crippen LogP contribution in [0.5, 0.6) is 0 Å². The van der Waals surface area contributed by atoms with Gasteiger partial charge >= 0.3 is 0 Å². The van der Waals surface area contributed by atoms with Crippen LogP contribution in [0, 0.1) is 0 Å². The van der Waals surface area contributed by atoms with Crippen molar-refractivity contribution in [1.29, 1.82) is 0 Å². The zero-order valence-corrected chi connectivity index (χ0v) is 27.4. The molecule has 0 fully saturated rings. The number of hydrogen-bond donors (Lipinski definition) is 0. The minimum absolute atomic E-state index is 0.173. The second-order valence-electron chi connectivity index (χ2n) is 13.7. The van der Waals surface area contributed by atoms with Gasteiger partial charge in [0, 0.05) is 21.9 Å². The summed E-state index contributed by atoms with van der Waals surface area (Å²) in [5.74, 6) is 0.739. The number of benzene rings is 8. The van der Waals surface area contributed by atoms with Gasteiger partial charge in [0.1, 0.15) is 0 Å². The van der Waals surface area contributed by atoms with E-state index in [4.69, 9.17) is 9.97 Å². The maximum atomic E-state index is 5.24. The lowest BCUT2D eigenvalue weighted by atomic mass is 9.78. The normalized spacial score (nSPS) is 13.3. The van der Waals surface area contributed by atoms with E-state index in [0.29, 0.717) is 0 Å². The highest BCUT2D eigenvalue weighted by Gasteiger charge is 2.39. The first-order chi connectivity index (χ1) is 24.1. The van der Waals surface area contributed by atoms with Crippen LogP contribution in [-0.2, 0) is 5.41 Å². The van der Waals surface area contributed by atoms with Crippen molar-refractivity contribution in [3.05, 3.63) is 169 Å². The predicted molar refractivity (Wildman–Crippen MR) is 206 cm³/mol. The van der Waals surface area contributed by atoms with Gasteiger partial charge in [-0.2, -0.15) is 0 Å². The van der Waals surface area contributed by atoms with Gasteiger partial charge in [-0.15, -0.1) is 0 Å². The maximum absolute atomic E-state index is 5.24. The van der Waals surface area contributed by atoms with Gasteiger partial charge in [0.15, 0.2) is 5.82 Å². The van der Waals surface area contributed by atoms with E-state index in [1.807, 2.05) is 0 Å². The third kappa shape index (κ3) is 4.14. The third-order valence-corrected chi connectivity index (χ3v) is 10.6. The summed E-state index contributed by atoms with van der Waals surface area (Å²) >= 11 is 0. The molecule has 0 N–H and O–H groups in total. The minimum atomic E-state index is -0.173. The molecule has 0 atom stereocenters. The molecule has 1 aliphatic rings. The third-order valence-electron chi connectivity index (χ3n) is 10.6. The summed E-state index contributed by atoms with van der Waals surface area (Å²) in [5, 5.41) is 8.85. The second kappa shape index (κ2) is 10.4. The molecule has 0 saturated heterocycles. The van der Waals surface area contributed by atoms with Crippen molar-refractivity contribution in [2.45, 2.75) is 19.3 Å². The van der Waals surface area contributed by atoms with Crippen molar-refractivity contribution >= 4 is 43.2 Å². The highest BCUT2D eigenvalue weighted by molar-refractivity contribution is 6.19. The van der Waals surface area contributed by atoms with Crippen LogP contribution in [-0.4, -0.2) is 9.97 Å². The summed E-state index contributed by atoms with van der Waals surface area (Å²) in [6.07, 6.45) is 0. The summed E-state index contributed by atoms with van der Waals surface area (Å²) < 4.78 is 0. The Morgan fingerprint density at radius 3 is 1.78 bits per heavy atom. The molecule has 0 unspecified atom stereocenters. The molecule has 0 spiro atoms. The fourth-order valence-corrected chi connectivity index (χ4v) is 8.42. The first-order valence-corrected chi connectivity index (χ1v) is 17.0. The zero-order chi connectivity index (χ0) is 32.7. The number of fused-ring (bicyclic) bond motifs is 11. The Kier molecular flexibility index (Phi) is 5.95. The number of aromatic nitrogens is 2. The predicted octanol–water partition coefficient (Wildman–Crippen LogP) is 12.4. The maximum Gasteiger partial charge on any atom is 0.160 e. The molecule has 8 aromatic carbocycles. The molecule has 0 radical (unpaired) electrons. The average Bonchev–Trinajstić information content (AvgIpc) is 3.41. The van der Waals surface area contributed by atoms with Crippen molar-refractivity contribution in [2.24, 2.45) is 0 Å². The Bertz CT molecular complexity index is 2780. The van der Waals surface area contributed by atoms with Crippen LogP contribution in [0.25, 0.3) is 88.1 Å². The Morgan fingerprint density at radius 1 is 0.408 bits per heavy atom. The molecular weight excluding hydrogens is 593 g/mol. The van der Waals surface area contributed by atoms with Crippen molar-refractivity contribution in [3.63, 3.8) is 0 Å². The molecule has 2 nitrogen and oxygen atoms in total. The molecule has 1 heterocycles. The van der Waals surface area contributed by atoms with E-state index < -0.39 is 0 Å². The highest BCUT2D eigenvalue weighted by Crippen LogP contribution is 2.56. The van der Waals surface area contributed by atoms with E-state index in [2.05, 4.69) is 172 Å². The Balaban J connectivity index is 1.13. The van der Waals surface area contributed by atoms with E-state index in [1.54, 1.807) is 0 Å². The lowest BCUT2D eigenvalue weighted by molar-refractivity contribution is 0.672. The van der Waals surface area contributed by atoms with Gasteiger partial charge in [-0.1, -0.05) is 159 Å². The van der Waals surface area contributed by atoms with Gasteiger partial charge in [0.2, 0.25) is 0 Å². The first-order valence-electron chi connectivity index (χ1n) is 17.0. The first kappa shape index (κ1) is 27.9. The summed E-state index contributed by atoms with van der Waals surface area (Å²) in [4.78, 5) is 10.3. The number of para-hydroxylation sites is 1. The molecule has 9 aromatic rings. The van der Waals surface area contributed by atoms with Crippen LogP contribution < -0.4 is 0 Å². The Hall–Kier alpha value is -6.12. The molecule has 49 heavy (non-hydrogen) atoms. The van der Waals surface area contributed by atoms with Gasteiger partial charge in [-0.3, -0.25) is 0 Å². The molecule has 1 aromatic heterocycles. The largest absolute Gasteiger partial charge is 0.228 e. The van der Waals surface area contributed by atoms with Crippen molar-refractivity contribution in [3.8, 4) is 44.9 Å². The molecule has 10 rings (SSSR count).